The fourth-order valence-corrected chi connectivity index (χ4v) is 3.02. The first-order chi connectivity index (χ1) is 10.3. The van der Waals surface area contributed by atoms with E-state index in [9.17, 15) is 4.79 Å². The number of nitrogens with zero attached hydrogens (tertiary/aromatic N) is 1. The zero-order chi connectivity index (χ0) is 14.7. The van der Waals surface area contributed by atoms with E-state index in [1.807, 2.05) is 29.8 Å². The zero-order valence-electron chi connectivity index (χ0n) is 11.4. The maximum atomic E-state index is 11.7. The SMILES string of the molecule is CSCCC(=O)Nc1nc(-c2ccc3c(c2)OCO3)cs1. The third-order valence-corrected chi connectivity index (χ3v) is 4.32. The number of rotatable bonds is 5. The molecule has 0 aliphatic carbocycles. The summed E-state index contributed by atoms with van der Waals surface area (Å²) in [5.41, 5.74) is 1.76. The molecule has 1 aliphatic rings. The van der Waals surface area contributed by atoms with Crippen molar-refractivity contribution in [2.45, 2.75) is 6.42 Å². The van der Waals surface area contributed by atoms with Crippen LogP contribution in [0.2, 0.25) is 0 Å². The molecule has 0 saturated heterocycles. The minimum absolute atomic E-state index is 0.00376. The van der Waals surface area contributed by atoms with E-state index in [0.717, 1.165) is 28.5 Å². The third-order valence-electron chi connectivity index (χ3n) is 2.95. The quantitative estimate of drug-likeness (QED) is 0.916. The molecule has 1 amide bonds. The van der Waals surface area contributed by atoms with E-state index < -0.39 is 0 Å². The number of hydrogen-bond donors (Lipinski definition) is 1. The molecule has 7 heteroatoms. The standard InChI is InChI=1S/C14H14N2O3S2/c1-20-5-4-13(17)16-14-15-10(7-21-14)9-2-3-11-12(6-9)19-8-18-11/h2-3,6-7H,4-5,8H2,1H3,(H,15,16,17). The van der Waals surface area contributed by atoms with Gasteiger partial charge in [-0.2, -0.15) is 11.8 Å². The number of thioether (sulfide) groups is 1. The summed E-state index contributed by atoms with van der Waals surface area (Å²) in [7, 11) is 0. The number of amides is 1. The number of fused-ring (bicyclic) bond motifs is 1. The van der Waals surface area contributed by atoms with Crippen molar-refractivity contribution in [3.8, 4) is 22.8 Å². The van der Waals surface area contributed by atoms with E-state index in [4.69, 9.17) is 9.47 Å². The molecule has 2 aromatic rings. The predicted molar refractivity (Wildman–Crippen MR) is 85.3 cm³/mol. The fraction of sp³-hybridized carbons (Fsp3) is 0.286. The molecule has 1 aliphatic heterocycles. The highest BCUT2D eigenvalue weighted by atomic mass is 32.2. The Morgan fingerprint density at radius 3 is 3.14 bits per heavy atom. The van der Waals surface area contributed by atoms with Crippen molar-refractivity contribution < 1.29 is 14.3 Å². The summed E-state index contributed by atoms with van der Waals surface area (Å²) in [4.78, 5) is 16.1. The molecule has 0 atom stereocenters. The van der Waals surface area contributed by atoms with Crippen molar-refractivity contribution in [3.05, 3.63) is 23.6 Å². The summed E-state index contributed by atoms with van der Waals surface area (Å²) in [6.45, 7) is 0.257. The number of hydrogen-bond acceptors (Lipinski definition) is 6. The number of aromatic nitrogens is 1. The second-order valence-electron chi connectivity index (χ2n) is 4.40. The van der Waals surface area contributed by atoms with E-state index in [-0.39, 0.29) is 12.7 Å². The van der Waals surface area contributed by atoms with Gasteiger partial charge in [0.05, 0.1) is 5.69 Å². The Bertz CT molecular complexity index is 657. The monoisotopic (exact) mass is 322 g/mol. The average Bonchev–Trinajstić information content (AvgIpc) is 3.12. The topological polar surface area (TPSA) is 60.5 Å². The van der Waals surface area contributed by atoms with Gasteiger partial charge in [-0.25, -0.2) is 4.98 Å². The van der Waals surface area contributed by atoms with Crippen molar-refractivity contribution in [2.24, 2.45) is 0 Å². The molecular weight excluding hydrogens is 308 g/mol. The summed E-state index contributed by atoms with van der Waals surface area (Å²) in [5, 5.41) is 5.36. The predicted octanol–water partition coefficient (Wildman–Crippen LogP) is 3.23. The van der Waals surface area contributed by atoms with E-state index in [1.165, 1.54) is 11.3 Å². The van der Waals surface area contributed by atoms with Gasteiger partial charge in [-0.3, -0.25) is 4.79 Å². The zero-order valence-corrected chi connectivity index (χ0v) is 13.1. The Morgan fingerprint density at radius 1 is 1.43 bits per heavy atom. The summed E-state index contributed by atoms with van der Waals surface area (Å²) in [6.07, 6.45) is 2.48. The lowest BCUT2D eigenvalue weighted by Crippen LogP contribution is -2.11. The lowest BCUT2D eigenvalue weighted by molar-refractivity contribution is -0.115. The molecule has 1 aromatic heterocycles. The molecule has 5 nitrogen and oxygen atoms in total. The average molecular weight is 322 g/mol. The molecule has 0 fully saturated rings. The van der Waals surface area contributed by atoms with Crippen LogP contribution in [0.1, 0.15) is 6.42 Å². The second kappa shape index (κ2) is 6.36. The first-order valence-corrected chi connectivity index (χ1v) is 8.68. The molecule has 110 valence electrons. The third kappa shape index (κ3) is 3.30. The molecule has 21 heavy (non-hydrogen) atoms. The smallest absolute Gasteiger partial charge is 0.231 e. The number of nitrogens with one attached hydrogen (secondary N) is 1. The van der Waals surface area contributed by atoms with Crippen molar-refractivity contribution in [1.29, 1.82) is 0 Å². The number of thiazole rings is 1. The molecule has 3 rings (SSSR count). The van der Waals surface area contributed by atoms with Gasteiger partial charge in [0.1, 0.15) is 0 Å². The number of ether oxygens (including phenoxy) is 2. The van der Waals surface area contributed by atoms with E-state index >= 15 is 0 Å². The molecule has 0 saturated carbocycles. The lowest BCUT2D eigenvalue weighted by atomic mass is 10.1. The summed E-state index contributed by atoms with van der Waals surface area (Å²) in [5.74, 6) is 2.29. The Kier molecular flexibility index (Phi) is 4.31. The van der Waals surface area contributed by atoms with Gasteiger partial charge in [0.25, 0.3) is 0 Å². The van der Waals surface area contributed by atoms with Crippen molar-refractivity contribution in [2.75, 3.05) is 24.1 Å². The largest absolute Gasteiger partial charge is 0.454 e. The van der Waals surface area contributed by atoms with Crippen LogP contribution in [0.3, 0.4) is 0 Å². The first kappa shape index (κ1) is 14.2. The van der Waals surface area contributed by atoms with Crippen molar-refractivity contribution in [3.63, 3.8) is 0 Å². The van der Waals surface area contributed by atoms with E-state index in [2.05, 4.69) is 10.3 Å². The van der Waals surface area contributed by atoms with Gasteiger partial charge in [-0.05, 0) is 24.5 Å². The number of carbonyl (C=O) groups is 1. The Morgan fingerprint density at radius 2 is 2.29 bits per heavy atom. The highest BCUT2D eigenvalue weighted by Crippen LogP contribution is 2.36. The van der Waals surface area contributed by atoms with Crippen LogP contribution < -0.4 is 14.8 Å². The van der Waals surface area contributed by atoms with Crippen LogP contribution in [0.5, 0.6) is 11.5 Å². The fourth-order valence-electron chi connectivity index (χ4n) is 1.90. The van der Waals surface area contributed by atoms with Gasteiger partial charge in [0.2, 0.25) is 12.7 Å². The summed E-state index contributed by atoms with van der Waals surface area (Å²) < 4.78 is 10.6. The minimum Gasteiger partial charge on any atom is -0.454 e. The van der Waals surface area contributed by atoms with Gasteiger partial charge >= 0.3 is 0 Å². The molecule has 0 bridgehead atoms. The maximum Gasteiger partial charge on any atom is 0.231 e. The minimum atomic E-state index is -0.00376. The van der Waals surface area contributed by atoms with Crippen LogP contribution in [0.15, 0.2) is 23.6 Å². The lowest BCUT2D eigenvalue weighted by Gasteiger charge is -2.01. The molecule has 0 radical (unpaired) electrons. The highest BCUT2D eigenvalue weighted by molar-refractivity contribution is 7.98. The Balaban J connectivity index is 1.71. The van der Waals surface area contributed by atoms with E-state index in [1.54, 1.807) is 11.8 Å². The molecular formula is C14H14N2O3S2. The van der Waals surface area contributed by atoms with Crippen molar-refractivity contribution >= 4 is 34.1 Å². The number of carbonyl (C=O) groups excluding carboxylic acids is 1. The first-order valence-electron chi connectivity index (χ1n) is 6.40. The molecule has 1 aromatic carbocycles. The van der Waals surface area contributed by atoms with Gasteiger partial charge in [-0.1, -0.05) is 0 Å². The Hall–Kier alpha value is -1.73. The molecule has 0 spiro atoms. The molecule has 1 N–H and O–H groups in total. The normalized spacial score (nSPS) is 12.4. The van der Waals surface area contributed by atoms with Crippen LogP contribution >= 0.6 is 23.1 Å². The number of benzene rings is 1. The van der Waals surface area contributed by atoms with Gasteiger partial charge in [0, 0.05) is 23.1 Å². The van der Waals surface area contributed by atoms with Gasteiger partial charge in [0.15, 0.2) is 16.6 Å². The summed E-state index contributed by atoms with van der Waals surface area (Å²) >= 11 is 3.07. The molecule has 0 unspecified atom stereocenters. The van der Waals surface area contributed by atoms with Crippen molar-refractivity contribution in [1.82, 2.24) is 4.98 Å². The summed E-state index contributed by atoms with van der Waals surface area (Å²) in [6, 6.07) is 5.70. The van der Waals surface area contributed by atoms with E-state index in [0.29, 0.717) is 11.6 Å². The second-order valence-corrected chi connectivity index (χ2v) is 6.24. The number of anilines is 1. The maximum absolute atomic E-state index is 11.7. The van der Waals surface area contributed by atoms with Crippen LogP contribution in [-0.4, -0.2) is 29.7 Å². The van der Waals surface area contributed by atoms with Crippen LogP contribution in [0.4, 0.5) is 5.13 Å². The highest BCUT2D eigenvalue weighted by Gasteiger charge is 2.15. The van der Waals surface area contributed by atoms with Gasteiger partial charge < -0.3 is 14.8 Å². The van der Waals surface area contributed by atoms with Crippen LogP contribution in [0, 0.1) is 0 Å². The van der Waals surface area contributed by atoms with Crippen LogP contribution in [-0.2, 0) is 4.79 Å². The van der Waals surface area contributed by atoms with Gasteiger partial charge in [-0.15, -0.1) is 11.3 Å². The van der Waals surface area contributed by atoms with Crippen LogP contribution in [0.25, 0.3) is 11.3 Å². The Labute approximate surface area is 130 Å². The molecule has 2 heterocycles.